The highest BCUT2D eigenvalue weighted by Crippen LogP contribution is 2.13. The Balaban J connectivity index is 4.47. The van der Waals surface area contributed by atoms with Crippen LogP contribution >= 0.6 is 0 Å². The third-order valence-electron chi connectivity index (χ3n) is 2.47. The Bertz CT molecular complexity index is 262. The number of hydrogen-bond donors (Lipinski definition) is 3. The monoisotopic (exact) mass is 229 g/mol. The zero-order valence-corrected chi connectivity index (χ0v) is 10.5. The lowest BCUT2D eigenvalue weighted by Gasteiger charge is -2.28. The summed E-state index contributed by atoms with van der Waals surface area (Å²) in [6.45, 7) is 7.72. The number of hydrogen-bond acceptors (Lipinski definition) is 3. The first-order chi connectivity index (χ1) is 7.19. The van der Waals surface area contributed by atoms with Gasteiger partial charge in [-0.3, -0.25) is 9.59 Å². The molecule has 0 radical (unpaired) electrons. The van der Waals surface area contributed by atoms with Crippen molar-refractivity contribution in [3.05, 3.63) is 0 Å². The van der Waals surface area contributed by atoms with Crippen molar-refractivity contribution < 1.29 is 9.59 Å². The first kappa shape index (κ1) is 14.9. The van der Waals surface area contributed by atoms with Crippen molar-refractivity contribution in [1.82, 2.24) is 5.32 Å². The number of carbonyl (C=O) groups is 2. The van der Waals surface area contributed by atoms with Crippen molar-refractivity contribution in [2.75, 3.05) is 6.54 Å². The van der Waals surface area contributed by atoms with E-state index in [9.17, 15) is 9.59 Å². The molecule has 2 amide bonds. The smallest absolute Gasteiger partial charge is 0.225 e. The molecule has 0 saturated heterocycles. The molecular formula is C11H23N3O2. The van der Waals surface area contributed by atoms with Crippen LogP contribution in [0.5, 0.6) is 0 Å². The minimum atomic E-state index is -0.620. The fraction of sp³-hybridized carbons (Fsp3) is 0.818. The molecule has 1 unspecified atom stereocenters. The van der Waals surface area contributed by atoms with Crippen molar-refractivity contribution in [3.8, 4) is 0 Å². The van der Waals surface area contributed by atoms with Crippen LogP contribution < -0.4 is 16.8 Å². The fourth-order valence-corrected chi connectivity index (χ4v) is 1.59. The quantitative estimate of drug-likeness (QED) is 0.597. The van der Waals surface area contributed by atoms with Gasteiger partial charge < -0.3 is 16.8 Å². The average molecular weight is 229 g/mol. The van der Waals surface area contributed by atoms with Crippen molar-refractivity contribution in [1.29, 1.82) is 0 Å². The maximum absolute atomic E-state index is 11.9. The predicted octanol–water partition coefficient (Wildman–Crippen LogP) is -0.0125. The Morgan fingerprint density at radius 3 is 2.12 bits per heavy atom. The van der Waals surface area contributed by atoms with Gasteiger partial charge in [-0.05, 0) is 19.8 Å². The Hall–Kier alpha value is -1.10. The van der Waals surface area contributed by atoms with Crippen molar-refractivity contribution in [3.63, 3.8) is 0 Å². The van der Waals surface area contributed by atoms with Crippen LogP contribution in [0.25, 0.3) is 0 Å². The van der Waals surface area contributed by atoms with Gasteiger partial charge in [0.2, 0.25) is 11.8 Å². The van der Waals surface area contributed by atoms with E-state index in [2.05, 4.69) is 5.32 Å². The molecule has 5 heteroatoms. The summed E-state index contributed by atoms with van der Waals surface area (Å²) in [7, 11) is 0. The molecule has 1 atom stereocenters. The predicted molar refractivity (Wildman–Crippen MR) is 63.4 cm³/mol. The molecule has 94 valence electrons. The van der Waals surface area contributed by atoms with Crippen molar-refractivity contribution >= 4 is 11.8 Å². The number of nitrogens with two attached hydrogens (primary N) is 2. The number of amides is 2. The van der Waals surface area contributed by atoms with Gasteiger partial charge in [0, 0.05) is 18.5 Å². The maximum atomic E-state index is 11.9. The number of carbonyl (C=O) groups excluding carboxylic acids is 2. The Morgan fingerprint density at radius 2 is 1.81 bits per heavy atom. The molecule has 0 aromatic heterocycles. The van der Waals surface area contributed by atoms with E-state index < -0.39 is 11.4 Å². The highest BCUT2D eigenvalue weighted by molar-refractivity contribution is 5.81. The Morgan fingerprint density at radius 1 is 1.31 bits per heavy atom. The van der Waals surface area contributed by atoms with Crippen LogP contribution in [0.2, 0.25) is 0 Å². The summed E-state index contributed by atoms with van der Waals surface area (Å²) in [6, 6.07) is 0. The number of nitrogens with one attached hydrogen (secondary N) is 1. The molecular weight excluding hydrogens is 206 g/mol. The van der Waals surface area contributed by atoms with E-state index >= 15 is 0 Å². The Kier molecular flexibility index (Phi) is 5.44. The van der Waals surface area contributed by atoms with E-state index in [0.717, 1.165) is 0 Å². The molecule has 0 heterocycles. The lowest BCUT2D eigenvalue weighted by Crippen LogP contribution is -2.50. The van der Waals surface area contributed by atoms with E-state index in [1.807, 2.05) is 13.8 Å². The van der Waals surface area contributed by atoms with E-state index in [4.69, 9.17) is 11.5 Å². The Labute approximate surface area is 96.9 Å². The molecule has 5 N–H and O–H groups in total. The summed E-state index contributed by atoms with van der Waals surface area (Å²) in [5, 5.41) is 2.80. The minimum Gasteiger partial charge on any atom is -0.370 e. The highest BCUT2D eigenvalue weighted by Gasteiger charge is 2.28. The van der Waals surface area contributed by atoms with Crippen LogP contribution in [0.1, 0.15) is 34.1 Å². The van der Waals surface area contributed by atoms with E-state index in [-0.39, 0.29) is 24.2 Å². The molecule has 0 rings (SSSR count). The largest absolute Gasteiger partial charge is 0.370 e. The van der Waals surface area contributed by atoms with Gasteiger partial charge in [0.05, 0.1) is 5.92 Å². The van der Waals surface area contributed by atoms with Crippen LogP contribution in [-0.2, 0) is 9.59 Å². The highest BCUT2D eigenvalue weighted by atomic mass is 16.2. The summed E-state index contributed by atoms with van der Waals surface area (Å²) in [4.78, 5) is 22.7. The summed E-state index contributed by atoms with van der Waals surface area (Å²) in [5.74, 6) is -0.607. The van der Waals surface area contributed by atoms with Crippen LogP contribution in [-0.4, -0.2) is 23.9 Å². The first-order valence-corrected chi connectivity index (χ1v) is 5.50. The topological polar surface area (TPSA) is 98.2 Å². The molecule has 0 spiro atoms. The minimum absolute atomic E-state index is 0.119. The van der Waals surface area contributed by atoms with Gasteiger partial charge in [-0.15, -0.1) is 0 Å². The van der Waals surface area contributed by atoms with Gasteiger partial charge in [0.1, 0.15) is 0 Å². The second-order valence-electron chi connectivity index (χ2n) is 5.10. The second-order valence-corrected chi connectivity index (χ2v) is 5.10. The van der Waals surface area contributed by atoms with Crippen LogP contribution in [0.4, 0.5) is 0 Å². The summed E-state index contributed by atoms with van der Waals surface area (Å²) in [5.41, 5.74) is 10.0. The maximum Gasteiger partial charge on any atom is 0.225 e. The number of rotatable bonds is 6. The molecule has 5 nitrogen and oxygen atoms in total. The lowest BCUT2D eigenvalue weighted by molar-refractivity contribution is -0.128. The summed E-state index contributed by atoms with van der Waals surface area (Å²) in [6.07, 6.45) is 0.119. The van der Waals surface area contributed by atoms with Crippen molar-refractivity contribution in [2.45, 2.75) is 39.7 Å². The molecule has 0 aliphatic heterocycles. The molecule has 0 aliphatic rings. The summed E-state index contributed by atoms with van der Waals surface area (Å²) < 4.78 is 0. The zero-order chi connectivity index (χ0) is 12.9. The fourth-order valence-electron chi connectivity index (χ4n) is 1.59. The van der Waals surface area contributed by atoms with Gasteiger partial charge in [0.25, 0.3) is 0 Å². The third-order valence-corrected chi connectivity index (χ3v) is 2.47. The lowest BCUT2D eigenvalue weighted by atomic mass is 9.92. The molecule has 0 fully saturated rings. The standard InChI is InChI=1S/C11H23N3O2/c1-7(2)8(6-12)10(16)14-11(3,4)5-9(13)15/h7-8H,5-6,12H2,1-4H3,(H2,13,15)(H,14,16). The van der Waals surface area contributed by atoms with E-state index in [1.54, 1.807) is 13.8 Å². The van der Waals surface area contributed by atoms with E-state index in [1.165, 1.54) is 0 Å². The van der Waals surface area contributed by atoms with E-state index in [0.29, 0.717) is 6.54 Å². The van der Waals surface area contributed by atoms with Crippen molar-refractivity contribution in [2.24, 2.45) is 23.3 Å². The summed E-state index contributed by atoms with van der Waals surface area (Å²) >= 11 is 0. The third kappa shape index (κ3) is 5.11. The first-order valence-electron chi connectivity index (χ1n) is 5.50. The van der Waals surface area contributed by atoms with Crippen LogP contribution in [0.3, 0.4) is 0 Å². The van der Waals surface area contributed by atoms with Crippen LogP contribution in [0.15, 0.2) is 0 Å². The molecule has 0 aliphatic carbocycles. The van der Waals surface area contributed by atoms with Gasteiger partial charge in [-0.2, -0.15) is 0 Å². The molecule has 16 heavy (non-hydrogen) atoms. The normalized spacial score (nSPS) is 13.6. The average Bonchev–Trinajstić information content (AvgIpc) is 1.99. The van der Waals surface area contributed by atoms with Gasteiger partial charge >= 0.3 is 0 Å². The van der Waals surface area contributed by atoms with Gasteiger partial charge in [-0.1, -0.05) is 13.8 Å². The SMILES string of the molecule is CC(C)C(CN)C(=O)NC(C)(C)CC(N)=O. The second kappa shape index (κ2) is 5.84. The zero-order valence-electron chi connectivity index (χ0n) is 10.5. The van der Waals surface area contributed by atoms with Gasteiger partial charge in [-0.25, -0.2) is 0 Å². The molecule has 0 aromatic rings. The van der Waals surface area contributed by atoms with Crippen LogP contribution in [0, 0.1) is 11.8 Å². The molecule has 0 aromatic carbocycles. The molecule has 0 bridgehead atoms. The van der Waals surface area contributed by atoms with Gasteiger partial charge in [0.15, 0.2) is 0 Å². The number of primary amides is 1. The molecule has 0 saturated carbocycles.